The van der Waals surface area contributed by atoms with Gasteiger partial charge in [-0.3, -0.25) is 0 Å². The van der Waals surface area contributed by atoms with E-state index in [1.807, 2.05) is 30.3 Å². The minimum Gasteiger partial charge on any atom is -0.420 e. The molecule has 0 spiro atoms. The average molecular weight is 368 g/mol. The van der Waals surface area contributed by atoms with Gasteiger partial charge in [0.15, 0.2) is 5.82 Å². The van der Waals surface area contributed by atoms with Crippen LogP contribution in [0.5, 0.6) is 0 Å². The molecule has 9 heteroatoms. The van der Waals surface area contributed by atoms with Crippen LogP contribution < -0.4 is 5.84 Å². The summed E-state index contributed by atoms with van der Waals surface area (Å²) in [7, 11) is 0. The van der Waals surface area contributed by atoms with Crippen LogP contribution in [0.2, 0.25) is 0 Å². The monoisotopic (exact) mass is 368 g/mol. The molecule has 0 aliphatic rings. The van der Waals surface area contributed by atoms with Gasteiger partial charge in [-0.15, -0.1) is 20.4 Å². The first kappa shape index (κ1) is 16.3. The third kappa shape index (κ3) is 3.29. The van der Waals surface area contributed by atoms with Crippen LogP contribution >= 0.6 is 11.8 Å². The molecule has 0 fully saturated rings. The Morgan fingerprint density at radius 3 is 2.58 bits per heavy atom. The van der Waals surface area contributed by atoms with Gasteiger partial charge in [0.1, 0.15) is 5.82 Å². The first-order chi connectivity index (χ1) is 12.7. The molecule has 0 aliphatic carbocycles. The Kier molecular flexibility index (Phi) is 4.36. The summed E-state index contributed by atoms with van der Waals surface area (Å²) < 4.78 is 20.3. The van der Waals surface area contributed by atoms with E-state index in [2.05, 4.69) is 20.4 Å². The van der Waals surface area contributed by atoms with Crippen molar-refractivity contribution in [1.29, 1.82) is 0 Å². The summed E-state index contributed by atoms with van der Waals surface area (Å²) in [4.78, 5) is 0. The van der Waals surface area contributed by atoms with Gasteiger partial charge in [-0.1, -0.05) is 42.1 Å². The van der Waals surface area contributed by atoms with Gasteiger partial charge in [-0.25, -0.2) is 9.07 Å². The van der Waals surface area contributed by atoms with Crippen LogP contribution in [0.1, 0.15) is 5.89 Å². The van der Waals surface area contributed by atoms with Crippen LogP contribution in [0, 0.1) is 5.82 Å². The lowest BCUT2D eigenvalue weighted by Gasteiger charge is -2.02. The summed E-state index contributed by atoms with van der Waals surface area (Å²) in [5.74, 6) is 7.33. The van der Waals surface area contributed by atoms with E-state index in [4.69, 9.17) is 10.3 Å². The van der Waals surface area contributed by atoms with Crippen LogP contribution in [0.4, 0.5) is 4.39 Å². The number of benzene rings is 2. The highest BCUT2D eigenvalue weighted by molar-refractivity contribution is 7.98. The highest BCUT2D eigenvalue weighted by Gasteiger charge is 2.15. The van der Waals surface area contributed by atoms with Gasteiger partial charge < -0.3 is 10.3 Å². The number of hydrogen-bond acceptors (Lipinski definition) is 7. The molecule has 0 amide bonds. The molecule has 0 aliphatic heterocycles. The van der Waals surface area contributed by atoms with E-state index in [-0.39, 0.29) is 5.82 Å². The van der Waals surface area contributed by atoms with Gasteiger partial charge in [0.2, 0.25) is 16.9 Å². The smallest absolute Gasteiger partial charge is 0.247 e. The standard InChI is InChI=1S/C17H13FN6OS/c18-13-8-4-7-12(9-13)15-21-23-17(24(15)19)26-10-14-20-22-16(25-14)11-5-2-1-3-6-11/h1-9H,10,19H2. The number of nitrogen functional groups attached to an aromatic ring is 1. The molecule has 26 heavy (non-hydrogen) atoms. The van der Waals surface area contributed by atoms with Crippen molar-refractivity contribution in [3.8, 4) is 22.8 Å². The Morgan fingerprint density at radius 2 is 1.77 bits per heavy atom. The molecule has 0 radical (unpaired) electrons. The zero-order valence-corrected chi connectivity index (χ0v) is 14.2. The molecule has 0 bridgehead atoms. The molecular formula is C17H13FN6OS. The van der Waals surface area contributed by atoms with Crippen molar-refractivity contribution in [3.63, 3.8) is 0 Å². The molecule has 0 atom stereocenters. The summed E-state index contributed by atoms with van der Waals surface area (Å²) >= 11 is 1.30. The molecule has 130 valence electrons. The molecule has 4 rings (SSSR count). The predicted octanol–water partition coefficient (Wildman–Crippen LogP) is 3.14. The van der Waals surface area contributed by atoms with Gasteiger partial charge in [-0.05, 0) is 24.3 Å². The zero-order chi connectivity index (χ0) is 17.9. The third-order valence-corrected chi connectivity index (χ3v) is 4.49. The number of hydrogen-bond donors (Lipinski definition) is 1. The number of rotatable bonds is 5. The SMILES string of the molecule is Nn1c(SCc2nnc(-c3ccccc3)o2)nnc1-c1cccc(F)c1. The van der Waals surface area contributed by atoms with Crippen LogP contribution in [0.25, 0.3) is 22.8 Å². The molecule has 4 aromatic rings. The molecule has 7 nitrogen and oxygen atoms in total. The minimum atomic E-state index is -0.362. The van der Waals surface area contributed by atoms with E-state index in [0.29, 0.717) is 34.1 Å². The quantitative estimate of drug-likeness (QED) is 0.427. The van der Waals surface area contributed by atoms with Crippen molar-refractivity contribution < 1.29 is 8.81 Å². The van der Waals surface area contributed by atoms with Crippen LogP contribution in [-0.4, -0.2) is 25.1 Å². The van der Waals surface area contributed by atoms with Crippen molar-refractivity contribution in [1.82, 2.24) is 25.1 Å². The summed E-state index contributed by atoms with van der Waals surface area (Å²) in [6.45, 7) is 0. The first-order valence-electron chi connectivity index (χ1n) is 7.68. The highest BCUT2D eigenvalue weighted by Crippen LogP contribution is 2.25. The van der Waals surface area contributed by atoms with E-state index < -0.39 is 0 Å². The lowest BCUT2D eigenvalue weighted by atomic mass is 10.2. The molecule has 2 N–H and O–H groups in total. The number of nitrogens with two attached hydrogens (primary N) is 1. The molecule has 0 saturated carbocycles. The molecule has 2 heterocycles. The molecule has 0 saturated heterocycles. The van der Waals surface area contributed by atoms with E-state index in [1.165, 1.54) is 28.6 Å². The number of halogens is 1. The fraction of sp³-hybridized carbons (Fsp3) is 0.0588. The second-order valence-corrected chi connectivity index (χ2v) is 6.28. The maximum atomic E-state index is 13.4. The van der Waals surface area contributed by atoms with Crippen LogP contribution in [0.3, 0.4) is 0 Å². The number of nitrogens with zero attached hydrogens (tertiary/aromatic N) is 5. The second kappa shape index (κ2) is 6.96. The Hall–Kier alpha value is -3.20. The van der Waals surface area contributed by atoms with Crippen LogP contribution in [-0.2, 0) is 5.75 Å². The van der Waals surface area contributed by atoms with Gasteiger partial charge in [-0.2, -0.15) is 0 Å². The molecule has 2 aromatic heterocycles. The normalized spacial score (nSPS) is 11.0. The Balaban J connectivity index is 1.48. The Labute approximate surface area is 152 Å². The van der Waals surface area contributed by atoms with E-state index in [9.17, 15) is 4.39 Å². The Bertz CT molecular complexity index is 1030. The lowest BCUT2D eigenvalue weighted by molar-refractivity contribution is 0.528. The topological polar surface area (TPSA) is 95.7 Å². The van der Waals surface area contributed by atoms with Crippen molar-refractivity contribution >= 4 is 11.8 Å². The fourth-order valence-electron chi connectivity index (χ4n) is 2.34. The third-order valence-electron chi connectivity index (χ3n) is 3.56. The lowest BCUT2D eigenvalue weighted by Crippen LogP contribution is -2.11. The predicted molar refractivity (Wildman–Crippen MR) is 94.9 cm³/mol. The number of thioether (sulfide) groups is 1. The largest absolute Gasteiger partial charge is 0.420 e. The van der Waals surface area contributed by atoms with Crippen molar-refractivity contribution in [2.45, 2.75) is 10.9 Å². The van der Waals surface area contributed by atoms with E-state index in [1.54, 1.807) is 12.1 Å². The zero-order valence-electron chi connectivity index (χ0n) is 13.4. The molecule has 0 unspecified atom stereocenters. The molecular weight excluding hydrogens is 355 g/mol. The molecule has 2 aromatic carbocycles. The van der Waals surface area contributed by atoms with Crippen molar-refractivity contribution in [2.24, 2.45) is 0 Å². The summed E-state index contributed by atoms with van der Waals surface area (Å²) in [6.07, 6.45) is 0. The summed E-state index contributed by atoms with van der Waals surface area (Å²) in [5, 5.41) is 16.6. The fourth-order valence-corrected chi connectivity index (χ4v) is 3.03. The van der Waals surface area contributed by atoms with Gasteiger partial charge in [0.25, 0.3) is 0 Å². The Morgan fingerprint density at radius 1 is 0.962 bits per heavy atom. The van der Waals surface area contributed by atoms with E-state index >= 15 is 0 Å². The van der Waals surface area contributed by atoms with Crippen molar-refractivity contribution in [2.75, 3.05) is 5.84 Å². The maximum absolute atomic E-state index is 13.4. The van der Waals surface area contributed by atoms with Crippen molar-refractivity contribution in [3.05, 3.63) is 66.3 Å². The first-order valence-corrected chi connectivity index (χ1v) is 8.66. The second-order valence-electron chi connectivity index (χ2n) is 5.34. The average Bonchev–Trinajstić information content (AvgIpc) is 3.28. The minimum absolute atomic E-state index is 0.362. The highest BCUT2D eigenvalue weighted by atomic mass is 32.2. The summed E-state index contributed by atoms with van der Waals surface area (Å²) in [5.41, 5.74) is 1.41. The number of aromatic nitrogens is 5. The van der Waals surface area contributed by atoms with Gasteiger partial charge >= 0.3 is 0 Å². The summed E-state index contributed by atoms with van der Waals surface area (Å²) in [6, 6.07) is 15.5. The van der Waals surface area contributed by atoms with Gasteiger partial charge in [0.05, 0.1) is 5.75 Å². The van der Waals surface area contributed by atoms with E-state index in [0.717, 1.165) is 5.56 Å². The van der Waals surface area contributed by atoms with Gasteiger partial charge in [0, 0.05) is 11.1 Å². The maximum Gasteiger partial charge on any atom is 0.247 e. The van der Waals surface area contributed by atoms with Crippen LogP contribution in [0.15, 0.2) is 64.2 Å².